The molecule has 0 rings (SSSR count). The number of aliphatic hydroxyl groups excluding tert-OH is 1. The van der Waals surface area contributed by atoms with Crippen LogP contribution >= 0.6 is 0 Å². The average molecular weight is 96.1 g/mol. The molecule has 0 heterocycles. The summed E-state index contributed by atoms with van der Waals surface area (Å²) in [7, 11) is 0. The lowest BCUT2D eigenvalue weighted by molar-refractivity contribution is 0.432. The lowest BCUT2D eigenvalue weighted by atomic mass is 10.3. The highest BCUT2D eigenvalue weighted by molar-refractivity contribution is 5.21. The molecule has 0 aromatic heterocycles. The van der Waals surface area contributed by atoms with Crippen LogP contribution in [0.1, 0.15) is 13.8 Å². The van der Waals surface area contributed by atoms with Gasteiger partial charge in [-0.2, -0.15) is 0 Å². The molecule has 0 saturated heterocycles. The van der Waals surface area contributed by atoms with Crippen LogP contribution in [0.15, 0.2) is 11.3 Å². The van der Waals surface area contributed by atoms with Crippen molar-refractivity contribution in [1.29, 1.82) is 0 Å². The van der Waals surface area contributed by atoms with E-state index in [0.29, 0.717) is 0 Å². The summed E-state index contributed by atoms with van der Waals surface area (Å²) < 4.78 is 0. The van der Waals surface area contributed by atoms with E-state index in [-0.39, 0.29) is 5.76 Å². The highest BCUT2D eigenvalue weighted by Gasteiger charge is 1.83. The monoisotopic (exact) mass is 96.1 g/mol. The third kappa shape index (κ3) is 1.88. The summed E-state index contributed by atoms with van der Waals surface area (Å²) in [6.07, 6.45) is 4.82. The first-order chi connectivity index (χ1) is 3.18. The first-order valence-electron chi connectivity index (χ1n) is 2.01. The van der Waals surface area contributed by atoms with Gasteiger partial charge in [0.25, 0.3) is 0 Å². The highest BCUT2D eigenvalue weighted by atomic mass is 16.3. The molecule has 0 bridgehead atoms. The van der Waals surface area contributed by atoms with Gasteiger partial charge in [0.1, 0.15) is 0 Å². The fraction of sp³-hybridized carbons (Fsp3) is 0.333. The van der Waals surface area contributed by atoms with Crippen LogP contribution in [0.2, 0.25) is 0 Å². The Morgan fingerprint density at radius 1 is 1.57 bits per heavy atom. The minimum Gasteiger partial charge on any atom is -0.501 e. The Hall–Kier alpha value is -0.900. The summed E-state index contributed by atoms with van der Waals surface area (Å²) >= 11 is 0. The first-order valence-corrected chi connectivity index (χ1v) is 2.01. The van der Waals surface area contributed by atoms with E-state index in [2.05, 4.69) is 5.92 Å². The standard InChI is InChI=1S/C6H8O/c1-4-6(7)5(2)3/h1,7H,2-3H3. The van der Waals surface area contributed by atoms with Crippen molar-refractivity contribution < 1.29 is 5.11 Å². The van der Waals surface area contributed by atoms with E-state index in [1.165, 1.54) is 0 Å². The maximum atomic E-state index is 8.58. The quantitative estimate of drug-likeness (QED) is 0.357. The summed E-state index contributed by atoms with van der Waals surface area (Å²) in [5.74, 6) is 2.14. The van der Waals surface area contributed by atoms with Crippen LogP contribution < -0.4 is 0 Å². The molecule has 1 nitrogen and oxygen atoms in total. The first kappa shape index (κ1) is 6.10. The van der Waals surface area contributed by atoms with Gasteiger partial charge < -0.3 is 5.11 Å². The lowest BCUT2D eigenvalue weighted by Gasteiger charge is -1.86. The number of terminal acetylenes is 1. The summed E-state index contributed by atoms with van der Waals surface area (Å²) in [5, 5.41) is 8.58. The van der Waals surface area contributed by atoms with E-state index < -0.39 is 0 Å². The Morgan fingerprint density at radius 3 is 2.00 bits per heavy atom. The van der Waals surface area contributed by atoms with E-state index in [9.17, 15) is 0 Å². The molecule has 0 aliphatic heterocycles. The molecular weight excluding hydrogens is 88.1 g/mol. The molecule has 0 aromatic carbocycles. The van der Waals surface area contributed by atoms with E-state index in [4.69, 9.17) is 11.5 Å². The van der Waals surface area contributed by atoms with Crippen LogP contribution in [0.25, 0.3) is 0 Å². The molecule has 1 heteroatoms. The molecule has 0 aliphatic carbocycles. The fourth-order valence-electron chi connectivity index (χ4n) is 0.144. The summed E-state index contributed by atoms with van der Waals surface area (Å²) in [6.45, 7) is 3.52. The molecular formula is C6H8O. The molecule has 0 unspecified atom stereocenters. The summed E-state index contributed by atoms with van der Waals surface area (Å²) in [4.78, 5) is 0. The minimum atomic E-state index is 0.0417. The number of allylic oxidation sites excluding steroid dienone is 2. The topological polar surface area (TPSA) is 20.2 Å². The lowest BCUT2D eigenvalue weighted by Crippen LogP contribution is -1.75. The van der Waals surface area contributed by atoms with E-state index in [0.717, 1.165) is 5.57 Å². The molecule has 0 saturated carbocycles. The van der Waals surface area contributed by atoms with Gasteiger partial charge in [-0.05, 0) is 25.3 Å². The molecule has 0 fully saturated rings. The Morgan fingerprint density at radius 2 is 2.00 bits per heavy atom. The molecule has 0 aromatic rings. The zero-order valence-electron chi connectivity index (χ0n) is 4.52. The second kappa shape index (κ2) is 2.30. The van der Waals surface area contributed by atoms with Crippen molar-refractivity contribution in [1.82, 2.24) is 0 Å². The normalized spacial score (nSPS) is 7.00. The molecule has 1 N–H and O–H groups in total. The zero-order chi connectivity index (χ0) is 5.86. The minimum absolute atomic E-state index is 0.0417. The van der Waals surface area contributed by atoms with Crippen molar-refractivity contribution in [3.8, 4) is 12.3 Å². The van der Waals surface area contributed by atoms with Crippen molar-refractivity contribution >= 4 is 0 Å². The molecule has 38 valence electrons. The fourth-order valence-corrected chi connectivity index (χ4v) is 0.144. The van der Waals surface area contributed by atoms with Crippen molar-refractivity contribution in [2.24, 2.45) is 0 Å². The van der Waals surface area contributed by atoms with Gasteiger partial charge in [0.05, 0.1) is 0 Å². The van der Waals surface area contributed by atoms with Crippen molar-refractivity contribution in [3.63, 3.8) is 0 Å². The van der Waals surface area contributed by atoms with Gasteiger partial charge in [-0.1, -0.05) is 0 Å². The van der Waals surface area contributed by atoms with Crippen molar-refractivity contribution in [2.75, 3.05) is 0 Å². The molecule has 0 radical (unpaired) electrons. The molecule has 0 spiro atoms. The van der Waals surface area contributed by atoms with Crippen LogP contribution in [0.3, 0.4) is 0 Å². The van der Waals surface area contributed by atoms with Gasteiger partial charge in [-0.15, -0.1) is 6.42 Å². The highest BCUT2D eigenvalue weighted by Crippen LogP contribution is 1.94. The van der Waals surface area contributed by atoms with Gasteiger partial charge in [0, 0.05) is 0 Å². The van der Waals surface area contributed by atoms with Crippen LogP contribution in [0, 0.1) is 12.3 Å². The van der Waals surface area contributed by atoms with Gasteiger partial charge in [-0.25, -0.2) is 0 Å². The number of hydrogen-bond donors (Lipinski definition) is 1. The predicted octanol–water partition coefficient (Wildman–Crippen LogP) is 1.47. The molecule has 7 heavy (non-hydrogen) atoms. The average Bonchev–Trinajstić information content (AvgIpc) is 1.65. The second-order valence-corrected chi connectivity index (χ2v) is 1.49. The Balaban J connectivity index is 4.07. The number of hydrogen-bond acceptors (Lipinski definition) is 1. The molecule has 0 aliphatic rings. The van der Waals surface area contributed by atoms with E-state index >= 15 is 0 Å². The van der Waals surface area contributed by atoms with Gasteiger partial charge >= 0.3 is 0 Å². The van der Waals surface area contributed by atoms with Crippen LogP contribution in [-0.4, -0.2) is 5.11 Å². The van der Waals surface area contributed by atoms with Gasteiger partial charge in [0.15, 0.2) is 5.76 Å². The third-order valence-corrected chi connectivity index (χ3v) is 0.610. The van der Waals surface area contributed by atoms with Gasteiger partial charge in [0.2, 0.25) is 0 Å². The predicted molar refractivity (Wildman–Crippen MR) is 29.8 cm³/mol. The number of rotatable bonds is 0. The van der Waals surface area contributed by atoms with Crippen molar-refractivity contribution in [3.05, 3.63) is 11.3 Å². The Kier molecular flexibility index (Phi) is 2.01. The Labute approximate surface area is 43.7 Å². The van der Waals surface area contributed by atoms with Crippen LogP contribution in [-0.2, 0) is 0 Å². The molecule has 0 amide bonds. The van der Waals surface area contributed by atoms with E-state index in [1.54, 1.807) is 13.8 Å². The van der Waals surface area contributed by atoms with Crippen LogP contribution in [0.5, 0.6) is 0 Å². The second-order valence-electron chi connectivity index (χ2n) is 1.49. The largest absolute Gasteiger partial charge is 0.501 e. The SMILES string of the molecule is C#CC(O)=C(C)C. The third-order valence-electron chi connectivity index (χ3n) is 0.610. The number of aliphatic hydroxyl groups is 1. The van der Waals surface area contributed by atoms with Gasteiger partial charge in [-0.3, -0.25) is 0 Å². The Bertz CT molecular complexity index is 122. The summed E-state index contributed by atoms with van der Waals surface area (Å²) in [6, 6.07) is 0. The molecule has 0 atom stereocenters. The van der Waals surface area contributed by atoms with Crippen molar-refractivity contribution in [2.45, 2.75) is 13.8 Å². The maximum absolute atomic E-state index is 8.58. The smallest absolute Gasteiger partial charge is 0.165 e. The van der Waals surface area contributed by atoms with E-state index in [1.807, 2.05) is 0 Å². The zero-order valence-corrected chi connectivity index (χ0v) is 4.52. The maximum Gasteiger partial charge on any atom is 0.165 e. The summed E-state index contributed by atoms with van der Waals surface area (Å²) in [5.41, 5.74) is 0.780. The van der Waals surface area contributed by atoms with Crippen LogP contribution in [0.4, 0.5) is 0 Å².